The number of phenolic OH excluding ortho intramolecular Hbond substituents is 2. The van der Waals surface area contributed by atoms with E-state index < -0.39 is 14.2 Å². The van der Waals surface area contributed by atoms with Gasteiger partial charge in [0.1, 0.15) is 0 Å². The molecule has 4 N–H and O–H groups in total. The van der Waals surface area contributed by atoms with Crippen LogP contribution in [-0.4, -0.2) is 32.6 Å². The molecule has 0 radical (unpaired) electrons. The molecule has 7 nitrogen and oxygen atoms in total. The summed E-state index contributed by atoms with van der Waals surface area (Å²) in [5.41, 5.74) is 0.744. The fourth-order valence-corrected chi connectivity index (χ4v) is 2.53. The Morgan fingerprint density at radius 3 is 1.90 bits per heavy atom. The van der Waals surface area contributed by atoms with Crippen LogP contribution < -0.4 is 4.35 Å². The summed E-state index contributed by atoms with van der Waals surface area (Å²) in [6.07, 6.45) is 0. The van der Waals surface area contributed by atoms with Crippen LogP contribution >= 0.6 is 0 Å². The summed E-state index contributed by atoms with van der Waals surface area (Å²) in [5, 5.41) is 26.1. The molecular formula is C12H11AsN2O5. The quantitative estimate of drug-likeness (QED) is 0.379. The van der Waals surface area contributed by atoms with E-state index in [4.69, 9.17) is 13.3 Å². The average Bonchev–Trinajstić information content (AvgIpc) is 2.40. The van der Waals surface area contributed by atoms with Gasteiger partial charge in [0.15, 0.2) is 0 Å². The van der Waals surface area contributed by atoms with Gasteiger partial charge in [-0.2, -0.15) is 0 Å². The molecule has 0 fully saturated rings. The van der Waals surface area contributed by atoms with Crippen LogP contribution in [0.4, 0.5) is 11.4 Å². The van der Waals surface area contributed by atoms with E-state index in [1.165, 1.54) is 42.5 Å². The number of benzene rings is 2. The van der Waals surface area contributed by atoms with Gasteiger partial charge in [-0.3, -0.25) is 0 Å². The molecule has 2 aromatic rings. The van der Waals surface area contributed by atoms with Gasteiger partial charge in [-0.25, -0.2) is 0 Å². The molecule has 0 atom stereocenters. The minimum atomic E-state index is -4.87. The van der Waals surface area contributed by atoms with Crippen molar-refractivity contribution in [1.82, 2.24) is 0 Å². The van der Waals surface area contributed by atoms with E-state index in [1.54, 1.807) is 0 Å². The fourth-order valence-electron chi connectivity index (χ4n) is 1.40. The van der Waals surface area contributed by atoms with Crippen molar-refractivity contribution < 1.29 is 22.1 Å². The van der Waals surface area contributed by atoms with Crippen LogP contribution in [0.1, 0.15) is 0 Å². The second-order valence-corrected chi connectivity index (χ2v) is 7.30. The SMILES string of the molecule is O=[As](O)(O)c1ccc(N=Nc2ccc(O)c(O)c2)cc1. The van der Waals surface area contributed by atoms with Crippen LogP contribution in [0.15, 0.2) is 52.7 Å². The second-order valence-electron chi connectivity index (χ2n) is 3.93. The van der Waals surface area contributed by atoms with Gasteiger partial charge in [-0.15, -0.1) is 0 Å². The predicted molar refractivity (Wildman–Crippen MR) is 70.9 cm³/mol. The zero-order valence-electron chi connectivity index (χ0n) is 10.1. The molecule has 20 heavy (non-hydrogen) atoms. The van der Waals surface area contributed by atoms with Gasteiger partial charge in [0.05, 0.1) is 0 Å². The molecule has 2 aromatic carbocycles. The van der Waals surface area contributed by atoms with Crippen LogP contribution in [0, 0.1) is 0 Å². The Labute approximate surface area is 116 Å². The third-order valence-electron chi connectivity index (χ3n) is 2.43. The van der Waals surface area contributed by atoms with Gasteiger partial charge in [-0.05, 0) is 0 Å². The number of rotatable bonds is 3. The van der Waals surface area contributed by atoms with Gasteiger partial charge in [0.25, 0.3) is 0 Å². The van der Waals surface area contributed by atoms with Crippen molar-refractivity contribution in [1.29, 1.82) is 0 Å². The number of hydrogen-bond acceptors (Lipinski definition) is 5. The monoisotopic (exact) mass is 338 g/mol. The van der Waals surface area contributed by atoms with Gasteiger partial charge < -0.3 is 0 Å². The summed E-state index contributed by atoms with van der Waals surface area (Å²) in [6, 6.07) is 9.44. The van der Waals surface area contributed by atoms with E-state index in [9.17, 15) is 8.85 Å². The van der Waals surface area contributed by atoms with Crippen LogP contribution in [0.5, 0.6) is 11.5 Å². The molecule has 2 rings (SSSR count). The van der Waals surface area contributed by atoms with Crippen molar-refractivity contribution in [2.75, 3.05) is 0 Å². The summed E-state index contributed by atoms with van der Waals surface area (Å²) < 4.78 is 29.0. The standard InChI is InChI=1S/C12H11AsN2O5/c16-11-6-5-10(7-12(11)17)15-14-9-3-1-8(2-4-9)13(18,19)20/h1-7,16-17H,(H2,18,19,20). The molecule has 0 bridgehead atoms. The van der Waals surface area contributed by atoms with Gasteiger partial charge in [0, 0.05) is 0 Å². The Morgan fingerprint density at radius 2 is 1.35 bits per heavy atom. The average molecular weight is 338 g/mol. The zero-order valence-corrected chi connectivity index (χ0v) is 12.0. The molecule has 0 aliphatic heterocycles. The third-order valence-corrected chi connectivity index (χ3v) is 4.46. The van der Waals surface area contributed by atoms with Gasteiger partial charge in [-0.1, -0.05) is 0 Å². The fraction of sp³-hybridized carbons (Fsp3) is 0. The molecule has 0 aliphatic rings. The predicted octanol–water partition coefficient (Wildman–Crippen LogP) is 1.07. The first kappa shape index (κ1) is 14.3. The van der Waals surface area contributed by atoms with Crippen LogP contribution in [0.2, 0.25) is 0 Å². The van der Waals surface area contributed by atoms with Crippen molar-refractivity contribution in [3.8, 4) is 11.5 Å². The summed E-state index contributed by atoms with van der Waals surface area (Å²) >= 11 is -4.87. The first-order chi connectivity index (χ1) is 9.36. The number of azo groups is 1. The second kappa shape index (κ2) is 5.50. The summed E-state index contributed by atoms with van der Waals surface area (Å²) in [5.74, 6) is -0.557. The number of aromatic hydroxyl groups is 2. The van der Waals surface area contributed by atoms with Crippen molar-refractivity contribution in [3.63, 3.8) is 0 Å². The van der Waals surface area contributed by atoms with E-state index >= 15 is 0 Å². The van der Waals surface area contributed by atoms with Crippen molar-refractivity contribution in [3.05, 3.63) is 42.5 Å². The first-order valence-electron chi connectivity index (χ1n) is 5.46. The molecule has 0 heterocycles. The molecule has 0 spiro atoms. The van der Waals surface area contributed by atoms with E-state index in [2.05, 4.69) is 10.2 Å². The van der Waals surface area contributed by atoms with E-state index in [-0.39, 0.29) is 15.9 Å². The zero-order chi connectivity index (χ0) is 14.8. The molecule has 8 heteroatoms. The Hall–Kier alpha value is -2.08. The van der Waals surface area contributed by atoms with Gasteiger partial charge >= 0.3 is 116 Å². The van der Waals surface area contributed by atoms with Crippen LogP contribution in [-0.2, 0) is 3.74 Å². The van der Waals surface area contributed by atoms with Crippen LogP contribution in [0.3, 0.4) is 0 Å². The Morgan fingerprint density at radius 1 is 0.800 bits per heavy atom. The topological polar surface area (TPSA) is 123 Å². The Kier molecular flexibility index (Phi) is 3.94. The van der Waals surface area contributed by atoms with E-state index in [1.807, 2.05) is 0 Å². The molecule has 0 saturated heterocycles. The first-order valence-corrected chi connectivity index (χ1v) is 8.84. The third kappa shape index (κ3) is 3.48. The summed E-state index contributed by atoms with van der Waals surface area (Å²) in [6.45, 7) is 0. The van der Waals surface area contributed by atoms with Crippen molar-refractivity contribution >= 4 is 29.9 Å². The molecule has 0 unspecified atom stereocenters. The van der Waals surface area contributed by atoms with Crippen LogP contribution in [0.25, 0.3) is 0 Å². The number of nitrogens with zero attached hydrogens (tertiary/aromatic N) is 2. The molecule has 0 aromatic heterocycles. The normalized spacial score (nSPS) is 11.9. The molecule has 0 amide bonds. The van der Waals surface area contributed by atoms with E-state index in [0.29, 0.717) is 11.4 Å². The molecular weight excluding hydrogens is 327 g/mol. The van der Waals surface area contributed by atoms with Gasteiger partial charge in [0.2, 0.25) is 0 Å². The molecule has 0 saturated carbocycles. The number of hydrogen-bond donors (Lipinski definition) is 4. The number of phenols is 2. The Bertz CT molecular complexity index is 693. The summed E-state index contributed by atoms with van der Waals surface area (Å²) in [4.78, 5) is 0. The van der Waals surface area contributed by atoms with E-state index in [0.717, 1.165) is 0 Å². The Balaban J connectivity index is 2.19. The molecule has 104 valence electrons. The minimum absolute atomic E-state index is 0.0376. The summed E-state index contributed by atoms with van der Waals surface area (Å²) in [7, 11) is 0. The van der Waals surface area contributed by atoms with Crippen molar-refractivity contribution in [2.45, 2.75) is 0 Å². The molecule has 0 aliphatic carbocycles. The van der Waals surface area contributed by atoms with Crippen molar-refractivity contribution in [2.24, 2.45) is 10.2 Å². The maximum absolute atomic E-state index is 11.0. The maximum atomic E-state index is 11.0.